The van der Waals surface area contributed by atoms with E-state index in [9.17, 15) is 27.6 Å². The van der Waals surface area contributed by atoms with Gasteiger partial charge in [0.1, 0.15) is 17.0 Å². The van der Waals surface area contributed by atoms with E-state index in [-0.39, 0.29) is 22.1 Å². The number of nitrogens with one attached hydrogen (secondary N) is 1. The molecule has 0 spiro atoms. The van der Waals surface area contributed by atoms with E-state index in [1.165, 1.54) is 9.47 Å². The number of pyridine rings is 2. The number of anilines is 1. The highest BCUT2D eigenvalue weighted by atomic mass is 32.2. The zero-order valence-corrected chi connectivity index (χ0v) is 24.8. The van der Waals surface area contributed by atoms with Crippen molar-refractivity contribution >= 4 is 34.5 Å². The van der Waals surface area contributed by atoms with Crippen LogP contribution in [0.3, 0.4) is 0 Å². The van der Waals surface area contributed by atoms with Crippen LogP contribution in [0.15, 0.2) is 52.3 Å². The zero-order chi connectivity index (χ0) is 30.7. The number of unbranched alkanes of at least 4 members (excludes halogenated alkanes) is 1. The number of alkyl halides is 3. The number of carbonyl (C=O) groups excluding carboxylic acids is 1. The number of nitrogens with zero attached hydrogens (tertiary/aromatic N) is 5. The van der Waals surface area contributed by atoms with Gasteiger partial charge in [0.15, 0.2) is 0 Å². The van der Waals surface area contributed by atoms with E-state index in [0.717, 1.165) is 49.8 Å². The molecule has 228 valence electrons. The van der Waals surface area contributed by atoms with Gasteiger partial charge >= 0.3 is 11.9 Å². The summed E-state index contributed by atoms with van der Waals surface area (Å²) < 4.78 is 42.0. The summed E-state index contributed by atoms with van der Waals surface area (Å²) in [5.41, 5.74) is 0.376. The Morgan fingerprint density at radius 1 is 1.07 bits per heavy atom. The summed E-state index contributed by atoms with van der Waals surface area (Å²) in [6, 6.07) is 7.14. The van der Waals surface area contributed by atoms with Crippen molar-refractivity contribution in [3.8, 4) is 11.3 Å². The first-order chi connectivity index (χ1) is 20.6. The van der Waals surface area contributed by atoms with Crippen LogP contribution in [0.25, 0.3) is 22.3 Å². The third-order valence-electron chi connectivity index (χ3n) is 7.48. The van der Waals surface area contributed by atoms with Crippen LogP contribution in [0.5, 0.6) is 0 Å². The molecular formula is C30H33F3N6O3S. The molecule has 4 aromatic heterocycles. The molecule has 13 heteroatoms. The first kappa shape index (κ1) is 30.6. The number of aromatic nitrogens is 5. The number of halogens is 3. The molecule has 1 saturated heterocycles. The second-order valence-electron chi connectivity index (χ2n) is 10.6. The summed E-state index contributed by atoms with van der Waals surface area (Å²) in [6.45, 7) is 5.12. The average Bonchev–Trinajstić information content (AvgIpc) is 3.68. The fourth-order valence-corrected chi connectivity index (χ4v) is 6.47. The number of thioether (sulfide) groups is 1. The normalized spacial score (nSPS) is 15.3. The number of aryl methyl sites for hydroxylation is 1. The molecule has 5 heterocycles. The molecule has 4 aromatic rings. The second-order valence-corrected chi connectivity index (χ2v) is 12.0. The number of fused-ring (bicyclic) bond motifs is 1. The van der Waals surface area contributed by atoms with E-state index in [1.807, 2.05) is 13.8 Å². The molecule has 9 nitrogen and oxygen atoms in total. The Balaban J connectivity index is 1.49. The Morgan fingerprint density at radius 3 is 2.49 bits per heavy atom. The Morgan fingerprint density at radius 2 is 1.88 bits per heavy atom. The first-order valence-electron chi connectivity index (χ1n) is 14.4. The number of carbonyl (C=O) groups is 1. The molecule has 1 amide bonds. The van der Waals surface area contributed by atoms with Gasteiger partial charge in [0.05, 0.1) is 11.1 Å². The van der Waals surface area contributed by atoms with E-state index in [4.69, 9.17) is 0 Å². The predicted octanol–water partition coefficient (Wildman–Crippen LogP) is 5.72. The van der Waals surface area contributed by atoms with E-state index >= 15 is 0 Å². The molecule has 1 fully saturated rings. The summed E-state index contributed by atoms with van der Waals surface area (Å²) in [4.78, 5) is 52.6. The Bertz CT molecular complexity index is 1710. The van der Waals surface area contributed by atoms with Crippen LogP contribution in [-0.2, 0) is 19.3 Å². The highest BCUT2D eigenvalue weighted by Gasteiger charge is 2.33. The van der Waals surface area contributed by atoms with Crippen molar-refractivity contribution in [3.63, 3.8) is 0 Å². The molecule has 43 heavy (non-hydrogen) atoms. The van der Waals surface area contributed by atoms with E-state index < -0.39 is 17.8 Å². The van der Waals surface area contributed by atoms with Gasteiger partial charge in [0, 0.05) is 48.5 Å². The number of rotatable bonds is 10. The molecule has 0 bridgehead atoms. The lowest BCUT2D eigenvalue weighted by Gasteiger charge is -2.25. The van der Waals surface area contributed by atoms with Gasteiger partial charge in [-0.05, 0) is 61.8 Å². The SMILES string of the molecule is CCCCn1c(=O)c2[nH]c(-c3ccc(N(CC4CCCS4)C(=O)c4ccc(C(F)(F)F)nc4)nc3)cc2n(CCC)c1=O. The minimum absolute atomic E-state index is 0.0331. The molecule has 0 radical (unpaired) electrons. The zero-order valence-electron chi connectivity index (χ0n) is 24.0. The average molecular weight is 615 g/mol. The van der Waals surface area contributed by atoms with Crippen LogP contribution >= 0.6 is 11.8 Å². The van der Waals surface area contributed by atoms with Gasteiger partial charge in [0.25, 0.3) is 11.5 Å². The van der Waals surface area contributed by atoms with E-state index in [1.54, 1.807) is 40.7 Å². The van der Waals surface area contributed by atoms with Crippen LogP contribution in [0.1, 0.15) is 62.0 Å². The highest BCUT2D eigenvalue weighted by Crippen LogP contribution is 2.31. The maximum atomic E-state index is 13.5. The van der Waals surface area contributed by atoms with Crippen LogP contribution in [0.4, 0.5) is 19.0 Å². The molecule has 0 saturated carbocycles. The van der Waals surface area contributed by atoms with Crippen LogP contribution in [0.2, 0.25) is 0 Å². The Hall–Kier alpha value is -3.87. The van der Waals surface area contributed by atoms with E-state index in [2.05, 4.69) is 15.0 Å². The Kier molecular flexibility index (Phi) is 9.09. The molecule has 1 N–H and O–H groups in total. The number of hydrogen-bond donors (Lipinski definition) is 1. The standard InChI is InChI=1S/C30H33F3N6O3S/c1-3-5-13-38-28(41)26-23(37(12-4-2)29(38)42)15-22(36-26)19-9-11-25(35-16-19)39(18-21-7-6-14-43-21)27(40)20-8-10-24(34-17-20)30(31,32)33/h8-11,15-17,21,36H,3-7,12-14,18H2,1-2H3. The minimum atomic E-state index is -4.60. The monoisotopic (exact) mass is 614 g/mol. The molecule has 1 unspecified atom stereocenters. The van der Waals surface area contributed by atoms with Gasteiger partial charge in [0.2, 0.25) is 0 Å². The summed E-state index contributed by atoms with van der Waals surface area (Å²) in [7, 11) is 0. The maximum Gasteiger partial charge on any atom is 0.433 e. The van der Waals surface area contributed by atoms with Gasteiger partial charge in [-0.25, -0.2) is 9.78 Å². The third-order valence-corrected chi connectivity index (χ3v) is 8.86. The predicted molar refractivity (Wildman–Crippen MR) is 162 cm³/mol. The van der Waals surface area contributed by atoms with E-state index in [0.29, 0.717) is 54.2 Å². The molecule has 1 atom stereocenters. The van der Waals surface area contributed by atoms with Gasteiger partial charge in [-0.3, -0.25) is 28.6 Å². The summed E-state index contributed by atoms with van der Waals surface area (Å²) in [5.74, 6) is 0.836. The summed E-state index contributed by atoms with van der Waals surface area (Å²) in [6.07, 6.45) is 2.14. The Labute approximate surface area is 250 Å². The molecule has 0 aliphatic carbocycles. The summed E-state index contributed by atoms with van der Waals surface area (Å²) in [5, 5.41) is 0.173. The lowest BCUT2D eigenvalue weighted by molar-refractivity contribution is -0.141. The quantitative estimate of drug-likeness (QED) is 0.245. The maximum absolute atomic E-state index is 13.5. The fourth-order valence-electron chi connectivity index (χ4n) is 5.22. The minimum Gasteiger partial charge on any atom is -0.349 e. The van der Waals surface area contributed by atoms with Crippen molar-refractivity contribution in [2.45, 2.75) is 70.5 Å². The fraction of sp³-hybridized carbons (Fsp3) is 0.433. The van der Waals surface area contributed by atoms with Crippen LogP contribution in [0, 0.1) is 0 Å². The topological polar surface area (TPSA) is 106 Å². The second kappa shape index (κ2) is 12.8. The van der Waals surface area contributed by atoms with Crippen LogP contribution < -0.4 is 16.1 Å². The largest absolute Gasteiger partial charge is 0.433 e. The van der Waals surface area contributed by atoms with Gasteiger partial charge < -0.3 is 4.98 Å². The first-order valence-corrected chi connectivity index (χ1v) is 15.5. The number of aromatic amines is 1. The van der Waals surface area contributed by atoms with Gasteiger partial charge in [-0.1, -0.05) is 20.3 Å². The van der Waals surface area contributed by atoms with Crippen molar-refractivity contribution in [1.29, 1.82) is 0 Å². The lowest BCUT2D eigenvalue weighted by Crippen LogP contribution is -2.40. The van der Waals surface area contributed by atoms with Crippen molar-refractivity contribution < 1.29 is 18.0 Å². The van der Waals surface area contributed by atoms with Crippen LogP contribution in [-0.4, -0.2) is 47.5 Å². The van der Waals surface area contributed by atoms with Crippen molar-refractivity contribution in [1.82, 2.24) is 24.1 Å². The molecule has 1 aliphatic rings. The molecule has 1 aliphatic heterocycles. The summed E-state index contributed by atoms with van der Waals surface area (Å²) >= 11 is 1.75. The lowest BCUT2D eigenvalue weighted by atomic mass is 10.1. The van der Waals surface area contributed by atoms with Gasteiger partial charge in [-0.2, -0.15) is 24.9 Å². The highest BCUT2D eigenvalue weighted by molar-refractivity contribution is 8.00. The third kappa shape index (κ3) is 6.41. The van der Waals surface area contributed by atoms with Crippen molar-refractivity contribution in [3.05, 3.63) is 74.8 Å². The molecule has 5 rings (SSSR count). The number of H-pyrrole nitrogens is 1. The number of amides is 1. The van der Waals surface area contributed by atoms with Gasteiger partial charge in [-0.15, -0.1) is 0 Å². The van der Waals surface area contributed by atoms with Crippen molar-refractivity contribution in [2.24, 2.45) is 0 Å². The van der Waals surface area contributed by atoms with Crippen molar-refractivity contribution in [2.75, 3.05) is 17.2 Å². The molecular weight excluding hydrogens is 581 g/mol. The smallest absolute Gasteiger partial charge is 0.349 e. The number of hydrogen-bond acceptors (Lipinski definition) is 6. The molecule has 0 aromatic carbocycles.